The van der Waals surface area contributed by atoms with E-state index in [9.17, 15) is 18.5 Å². The van der Waals surface area contributed by atoms with Crippen LogP contribution in [0.25, 0.3) is 0 Å². The molecule has 0 aliphatic rings. The molecule has 0 saturated carbocycles. The number of nitrogens with zero attached hydrogens (tertiary/aromatic N) is 1. The SMILES string of the molecule is CCOc1ccc(S(=O)(=O)Nc2cc([N+](=O)[O-])ccc2C)cc1OCC. The van der Waals surface area contributed by atoms with Gasteiger partial charge in [-0.3, -0.25) is 14.8 Å². The van der Waals surface area contributed by atoms with Crippen molar-refractivity contribution in [1.82, 2.24) is 0 Å². The Morgan fingerprint density at radius 2 is 1.69 bits per heavy atom. The molecule has 0 saturated heterocycles. The third kappa shape index (κ3) is 4.42. The minimum Gasteiger partial charge on any atom is -0.490 e. The van der Waals surface area contributed by atoms with Gasteiger partial charge in [-0.2, -0.15) is 0 Å². The van der Waals surface area contributed by atoms with Crippen LogP contribution in [0.15, 0.2) is 41.3 Å². The number of sulfonamides is 1. The van der Waals surface area contributed by atoms with Gasteiger partial charge in [0, 0.05) is 18.2 Å². The van der Waals surface area contributed by atoms with Crippen molar-refractivity contribution in [2.75, 3.05) is 17.9 Å². The van der Waals surface area contributed by atoms with Gasteiger partial charge in [0.25, 0.3) is 15.7 Å². The summed E-state index contributed by atoms with van der Waals surface area (Å²) in [5, 5.41) is 10.9. The fourth-order valence-corrected chi connectivity index (χ4v) is 3.37. The fraction of sp³-hybridized carbons (Fsp3) is 0.294. The summed E-state index contributed by atoms with van der Waals surface area (Å²) in [6, 6.07) is 8.26. The number of nitro groups is 1. The number of rotatable bonds is 8. The number of nitrogens with one attached hydrogen (secondary N) is 1. The van der Waals surface area contributed by atoms with Crippen LogP contribution in [-0.2, 0) is 10.0 Å². The van der Waals surface area contributed by atoms with Gasteiger partial charge in [-0.05, 0) is 38.5 Å². The second kappa shape index (κ2) is 8.05. The number of nitro benzene ring substituents is 1. The maximum absolute atomic E-state index is 12.7. The Labute approximate surface area is 152 Å². The highest BCUT2D eigenvalue weighted by Gasteiger charge is 2.20. The minimum atomic E-state index is -3.96. The molecule has 1 N–H and O–H groups in total. The lowest BCUT2D eigenvalue weighted by Crippen LogP contribution is -2.14. The van der Waals surface area contributed by atoms with Crippen LogP contribution in [0.4, 0.5) is 11.4 Å². The summed E-state index contributed by atoms with van der Waals surface area (Å²) in [6.45, 7) is 6.01. The van der Waals surface area contributed by atoms with Crippen LogP contribution >= 0.6 is 0 Å². The maximum Gasteiger partial charge on any atom is 0.271 e. The lowest BCUT2D eigenvalue weighted by Gasteiger charge is -2.14. The molecule has 2 aromatic carbocycles. The number of anilines is 1. The van der Waals surface area contributed by atoms with Crippen molar-refractivity contribution < 1.29 is 22.8 Å². The lowest BCUT2D eigenvalue weighted by atomic mass is 10.2. The summed E-state index contributed by atoms with van der Waals surface area (Å²) in [4.78, 5) is 10.3. The molecule has 0 spiro atoms. The van der Waals surface area contributed by atoms with Crippen molar-refractivity contribution in [2.45, 2.75) is 25.7 Å². The quantitative estimate of drug-likeness (QED) is 0.555. The molecular formula is C17H20N2O6S. The summed E-state index contributed by atoms with van der Waals surface area (Å²) in [5.74, 6) is 0.757. The topological polar surface area (TPSA) is 108 Å². The molecule has 9 heteroatoms. The molecule has 8 nitrogen and oxygen atoms in total. The average Bonchev–Trinajstić information content (AvgIpc) is 2.58. The standard InChI is InChI=1S/C17H20N2O6S/c1-4-24-16-9-8-14(11-17(16)25-5-2)26(22,23)18-15-10-13(19(20)21)7-6-12(15)3/h6-11,18H,4-5H2,1-3H3. The molecule has 0 atom stereocenters. The van der Waals surface area contributed by atoms with Gasteiger partial charge in [0.2, 0.25) is 0 Å². The monoisotopic (exact) mass is 380 g/mol. The summed E-state index contributed by atoms with van der Waals surface area (Å²) in [5.41, 5.74) is 0.510. The molecule has 0 aliphatic carbocycles. The number of benzene rings is 2. The highest BCUT2D eigenvalue weighted by molar-refractivity contribution is 7.92. The normalized spacial score (nSPS) is 11.0. The van der Waals surface area contributed by atoms with Gasteiger partial charge >= 0.3 is 0 Å². The van der Waals surface area contributed by atoms with Crippen molar-refractivity contribution in [3.05, 3.63) is 52.1 Å². The molecule has 0 radical (unpaired) electrons. The van der Waals surface area contributed by atoms with Gasteiger partial charge in [-0.25, -0.2) is 8.42 Å². The van der Waals surface area contributed by atoms with E-state index in [1.165, 1.54) is 36.4 Å². The molecule has 0 aromatic heterocycles. The number of hydrogen-bond acceptors (Lipinski definition) is 6. The molecule has 2 rings (SSSR count). The second-order valence-corrected chi connectivity index (χ2v) is 7.02. The first-order chi connectivity index (χ1) is 12.3. The Kier molecular flexibility index (Phi) is 6.04. The second-order valence-electron chi connectivity index (χ2n) is 5.34. The molecule has 0 amide bonds. The van der Waals surface area contributed by atoms with Crippen LogP contribution in [0, 0.1) is 17.0 Å². The van der Waals surface area contributed by atoms with E-state index < -0.39 is 14.9 Å². The van der Waals surface area contributed by atoms with Crippen molar-refractivity contribution >= 4 is 21.4 Å². The third-order valence-electron chi connectivity index (χ3n) is 3.50. The summed E-state index contributed by atoms with van der Waals surface area (Å²) in [6.07, 6.45) is 0. The Bertz CT molecular complexity index is 911. The Hall–Kier alpha value is -2.81. The molecule has 0 heterocycles. The first-order valence-electron chi connectivity index (χ1n) is 7.96. The fourth-order valence-electron chi connectivity index (χ4n) is 2.24. The average molecular weight is 380 g/mol. The smallest absolute Gasteiger partial charge is 0.271 e. The predicted molar refractivity (Wildman–Crippen MR) is 97.4 cm³/mol. The van der Waals surface area contributed by atoms with E-state index in [1.54, 1.807) is 13.8 Å². The van der Waals surface area contributed by atoms with Crippen LogP contribution in [0.2, 0.25) is 0 Å². The molecule has 2 aromatic rings. The van der Waals surface area contributed by atoms with Gasteiger partial charge in [-0.15, -0.1) is 0 Å². The molecule has 140 valence electrons. The van der Waals surface area contributed by atoms with Gasteiger partial charge in [-0.1, -0.05) is 6.07 Å². The summed E-state index contributed by atoms with van der Waals surface area (Å²) >= 11 is 0. The lowest BCUT2D eigenvalue weighted by molar-refractivity contribution is -0.384. The zero-order chi connectivity index (χ0) is 19.3. The highest BCUT2D eigenvalue weighted by atomic mass is 32.2. The van der Waals surface area contributed by atoms with E-state index >= 15 is 0 Å². The van der Waals surface area contributed by atoms with Gasteiger partial charge < -0.3 is 9.47 Å². The minimum absolute atomic E-state index is 0.0321. The van der Waals surface area contributed by atoms with E-state index in [-0.39, 0.29) is 16.3 Å². The van der Waals surface area contributed by atoms with Gasteiger partial charge in [0.05, 0.1) is 28.7 Å². The Morgan fingerprint density at radius 3 is 2.31 bits per heavy atom. The van der Waals surface area contributed by atoms with E-state index in [1.807, 2.05) is 6.92 Å². The largest absolute Gasteiger partial charge is 0.490 e. The molecule has 0 unspecified atom stereocenters. The van der Waals surface area contributed by atoms with E-state index in [4.69, 9.17) is 9.47 Å². The van der Waals surface area contributed by atoms with Gasteiger partial charge in [0.1, 0.15) is 0 Å². The number of hydrogen-bond donors (Lipinski definition) is 1. The molecule has 0 bridgehead atoms. The zero-order valence-electron chi connectivity index (χ0n) is 14.7. The maximum atomic E-state index is 12.7. The van der Waals surface area contributed by atoms with Crippen LogP contribution < -0.4 is 14.2 Å². The van der Waals surface area contributed by atoms with Crippen molar-refractivity contribution in [3.8, 4) is 11.5 Å². The Balaban J connectivity index is 2.40. The van der Waals surface area contributed by atoms with E-state index in [0.717, 1.165) is 0 Å². The highest BCUT2D eigenvalue weighted by Crippen LogP contribution is 2.31. The first-order valence-corrected chi connectivity index (χ1v) is 9.44. The third-order valence-corrected chi connectivity index (χ3v) is 4.86. The van der Waals surface area contributed by atoms with Crippen LogP contribution in [-0.4, -0.2) is 26.6 Å². The van der Waals surface area contributed by atoms with Crippen LogP contribution in [0.3, 0.4) is 0 Å². The first kappa shape index (κ1) is 19.5. The van der Waals surface area contributed by atoms with Crippen molar-refractivity contribution in [3.63, 3.8) is 0 Å². The zero-order valence-corrected chi connectivity index (χ0v) is 15.5. The number of ether oxygens (including phenoxy) is 2. The van der Waals surface area contributed by atoms with Crippen molar-refractivity contribution in [1.29, 1.82) is 0 Å². The molecular weight excluding hydrogens is 360 g/mol. The molecule has 0 fully saturated rings. The number of aryl methyl sites for hydroxylation is 1. The van der Waals surface area contributed by atoms with Gasteiger partial charge in [0.15, 0.2) is 11.5 Å². The number of non-ortho nitro benzene ring substituents is 1. The van der Waals surface area contributed by atoms with E-state index in [2.05, 4.69) is 4.72 Å². The van der Waals surface area contributed by atoms with Crippen LogP contribution in [0.1, 0.15) is 19.4 Å². The Morgan fingerprint density at radius 1 is 1.04 bits per heavy atom. The van der Waals surface area contributed by atoms with E-state index in [0.29, 0.717) is 30.3 Å². The molecule has 0 aliphatic heterocycles. The summed E-state index contributed by atoms with van der Waals surface area (Å²) in [7, 11) is -3.96. The predicted octanol–water partition coefficient (Wildman–Crippen LogP) is 3.50. The van der Waals surface area contributed by atoms with Crippen LogP contribution in [0.5, 0.6) is 11.5 Å². The molecule has 26 heavy (non-hydrogen) atoms. The van der Waals surface area contributed by atoms with Crippen molar-refractivity contribution in [2.24, 2.45) is 0 Å². The summed E-state index contributed by atoms with van der Waals surface area (Å²) < 4.78 is 38.6.